The zero-order chi connectivity index (χ0) is 36.4. The van der Waals surface area contributed by atoms with Gasteiger partial charge >= 0.3 is 19.8 Å². The van der Waals surface area contributed by atoms with Gasteiger partial charge in [0.1, 0.15) is 12.7 Å². The number of phosphoric acid groups is 1. The zero-order valence-electron chi connectivity index (χ0n) is 29.5. The van der Waals surface area contributed by atoms with Crippen LogP contribution in [0.1, 0.15) is 110 Å². The normalized spacial score (nSPS) is 14.9. The van der Waals surface area contributed by atoms with Crippen molar-refractivity contribution in [3.8, 4) is 0 Å². The summed E-state index contributed by atoms with van der Waals surface area (Å²) in [5.41, 5.74) is 0. The number of allylic oxidation sites excluding steroid dienone is 12. The fourth-order valence-electron chi connectivity index (χ4n) is 4.02. The highest BCUT2D eigenvalue weighted by Crippen LogP contribution is 2.43. The van der Waals surface area contributed by atoms with E-state index in [1.807, 2.05) is 13.0 Å². The number of aliphatic carboxylic acids is 1. The molecule has 0 bridgehead atoms. The molecule has 0 aromatic carbocycles. The van der Waals surface area contributed by atoms with Crippen LogP contribution in [0.5, 0.6) is 0 Å². The quantitative estimate of drug-likeness (QED) is 0.0241. The maximum absolute atomic E-state index is 12.2. The lowest BCUT2D eigenvalue weighted by atomic mass is 10.1. The first kappa shape index (κ1) is 45.9. The Morgan fingerprint density at radius 2 is 1.18 bits per heavy atom. The highest BCUT2D eigenvalue weighted by molar-refractivity contribution is 7.47. The van der Waals surface area contributed by atoms with Gasteiger partial charge in [0.2, 0.25) is 5.91 Å². The third kappa shape index (κ3) is 31.9. The van der Waals surface area contributed by atoms with Crippen molar-refractivity contribution in [3.05, 3.63) is 72.9 Å². The summed E-state index contributed by atoms with van der Waals surface area (Å²) in [5.74, 6) is -2.47. The lowest BCUT2D eigenvalue weighted by molar-refractivity contribution is -0.147. The fraction of sp³-hybridized carbons (Fsp3) is 0.595. The van der Waals surface area contributed by atoms with Crippen molar-refractivity contribution in [2.75, 3.05) is 19.8 Å². The van der Waals surface area contributed by atoms with Gasteiger partial charge in [0.15, 0.2) is 6.04 Å². The second kappa shape index (κ2) is 32.1. The number of carbonyl (C=O) groups excluding carboxylic acids is 2. The molecule has 3 unspecified atom stereocenters. The molecule has 12 heteroatoms. The van der Waals surface area contributed by atoms with Crippen LogP contribution in [0.25, 0.3) is 0 Å². The van der Waals surface area contributed by atoms with Gasteiger partial charge in [0.25, 0.3) is 0 Å². The Kier molecular flexibility index (Phi) is 30.1. The summed E-state index contributed by atoms with van der Waals surface area (Å²) in [6.45, 7) is 2.24. The third-order valence-corrected chi connectivity index (χ3v) is 7.71. The third-order valence-electron chi connectivity index (χ3n) is 6.76. The SMILES string of the molecule is CC/C=C\C/C=C\C/C=C\C/C=C\C/C=C\C/C=C\CCCCC(=O)NC(COP(=O)(O)OCC(O)COC(=O)CCCCCC)C(=O)O. The number of hydrogen-bond donors (Lipinski definition) is 4. The highest BCUT2D eigenvalue weighted by atomic mass is 31.2. The first-order chi connectivity index (χ1) is 23.6. The van der Waals surface area contributed by atoms with E-state index >= 15 is 0 Å². The number of rotatable bonds is 31. The maximum Gasteiger partial charge on any atom is 0.472 e. The Hall–Kier alpha value is -3.08. The second-order valence-electron chi connectivity index (χ2n) is 11.3. The molecule has 0 heterocycles. The average molecular weight is 710 g/mol. The van der Waals surface area contributed by atoms with Crippen LogP contribution in [0.15, 0.2) is 72.9 Å². The summed E-state index contributed by atoms with van der Waals surface area (Å²) in [6.07, 6.45) is 35.9. The van der Waals surface area contributed by atoms with Crippen molar-refractivity contribution >= 4 is 25.7 Å². The van der Waals surface area contributed by atoms with Crippen LogP contribution < -0.4 is 5.32 Å². The smallest absolute Gasteiger partial charge is 0.472 e. The van der Waals surface area contributed by atoms with Crippen LogP contribution >= 0.6 is 7.82 Å². The number of ether oxygens (including phenoxy) is 1. The molecule has 11 nitrogen and oxygen atoms in total. The molecule has 1 amide bonds. The Morgan fingerprint density at radius 1 is 0.673 bits per heavy atom. The molecule has 49 heavy (non-hydrogen) atoms. The molecule has 0 saturated heterocycles. The predicted octanol–water partition coefficient (Wildman–Crippen LogP) is 7.82. The molecule has 0 aliphatic carbocycles. The Balaban J connectivity index is 4.08. The molecule has 0 aliphatic rings. The summed E-state index contributed by atoms with van der Waals surface area (Å²) >= 11 is 0. The molecular weight excluding hydrogens is 649 g/mol. The van der Waals surface area contributed by atoms with Crippen LogP contribution in [-0.4, -0.2) is 64.9 Å². The lowest BCUT2D eigenvalue weighted by Gasteiger charge is -2.18. The van der Waals surface area contributed by atoms with Crippen LogP contribution in [0, 0.1) is 0 Å². The van der Waals surface area contributed by atoms with Gasteiger partial charge in [-0.15, -0.1) is 0 Å². The van der Waals surface area contributed by atoms with Crippen molar-refractivity contribution in [2.45, 2.75) is 122 Å². The van der Waals surface area contributed by atoms with Gasteiger partial charge in [-0.25, -0.2) is 9.36 Å². The molecule has 0 fully saturated rings. The number of carbonyl (C=O) groups is 3. The minimum Gasteiger partial charge on any atom is -0.480 e. The number of aliphatic hydroxyl groups is 1. The minimum absolute atomic E-state index is 0.0865. The van der Waals surface area contributed by atoms with E-state index in [2.05, 4.69) is 83.6 Å². The molecule has 0 aliphatic heterocycles. The molecule has 0 aromatic rings. The molecule has 0 radical (unpaired) electrons. The number of carboxylic acid groups (broad SMARTS) is 1. The molecule has 0 saturated carbocycles. The molecular formula is C37H60NO10P. The molecule has 0 aromatic heterocycles. The van der Waals surface area contributed by atoms with E-state index < -0.39 is 57.6 Å². The number of unbranched alkanes of at least 4 members (excludes halogenated alkanes) is 5. The Labute approximate surface area is 293 Å². The Morgan fingerprint density at radius 3 is 1.71 bits per heavy atom. The first-order valence-electron chi connectivity index (χ1n) is 17.5. The summed E-state index contributed by atoms with van der Waals surface area (Å²) in [5, 5.41) is 21.5. The molecule has 4 N–H and O–H groups in total. The number of amides is 1. The second-order valence-corrected chi connectivity index (χ2v) is 12.8. The summed E-state index contributed by atoms with van der Waals surface area (Å²) in [6, 6.07) is -1.57. The minimum atomic E-state index is -4.75. The first-order valence-corrected chi connectivity index (χ1v) is 19.0. The molecule has 3 atom stereocenters. The number of esters is 1. The summed E-state index contributed by atoms with van der Waals surface area (Å²) in [7, 11) is -4.75. The van der Waals surface area contributed by atoms with Gasteiger partial charge in [-0.2, -0.15) is 0 Å². The highest BCUT2D eigenvalue weighted by Gasteiger charge is 2.28. The van der Waals surface area contributed by atoms with Crippen LogP contribution in [0.4, 0.5) is 0 Å². The van der Waals surface area contributed by atoms with Crippen molar-refractivity contribution < 1.29 is 47.8 Å². The summed E-state index contributed by atoms with van der Waals surface area (Å²) < 4.78 is 26.4. The van der Waals surface area contributed by atoms with E-state index in [-0.39, 0.29) is 12.8 Å². The number of hydrogen-bond acceptors (Lipinski definition) is 8. The van der Waals surface area contributed by atoms with Crippen molar-refractivity contribution in [1.29, 1.82) is 0 Å². The molecule has 0 spiro atoms. The van der Waals surface area contributed by atoms with Gasteiger partial charge in [-0.1, -0.05) is 106 Å². The topological polar surface area (TPSA) is 169 Å². The number of carboxylic acids is 1. The van der Waals surface area contributed by atoms with E-state index in [0.29, 0.717) is 12.8 Å². The van der Waals surface area contributed by atoms with Crippen LogP contribution in [0.3, 0.4) is 0 Å². The van der Waals surface area contributed by atoms with E-state index in [9.17, 15) is 34.1 Å². The lowest BCUT2D eigenvalue weighted by Crippen LogP contribution is -2.43. The van der Waals surface area contributed by atoms with Gasteiger partial charge in [-0.05, 0) is 64.2 Å². The van der Waals surface area contributed by atoms with Gasteiger partial charge in [0, 0.05) is 12.8 Å². The predicted molar refractivity (Wildman–Crippen MR) is 194 cm³/mol. The number of nitrogens with one attached hydrogen (secondary N) is 1. The zero-order valence-corrected chi connectivity index (χ0v) is 30.4. The standard InChI is InChI=1S/C37H60NO10P/c1-3-5-7-9-10-11-12-13-14-15-16-17-18-19-20-21-22-23-24-25-26-28-35(40)38-34(37(42)43)32-48-49(44,45)47-31-33(39)30-46-36(41)29-27-8-6-4-2/h5,7,10-11,13-14,16-17,19-20,22-23,33-34,39H,3-4,6,8-9,12,15,18,21,24-32H2,1-2H3,(H,38,40)(H,42,43)(H,44,45)/b7-5-,11-10-,14-13-,17-16-,20-19-,23-22-. The van der Waals surface area contributed by atoms with Crippen molar-refractivity contribution in [3.63, 3.8) is 0 Å². The largest absolute Gasteiger partial charge is 0.480 e. The van der Waals surface area contributed by atoms with Gasteiger partial charge in [-0.3, -0.25) is 18.6 Å². The monoisotopic (exact) mass is 709 g/mol. The van der Waals surface area contributed by atoms with Gasteiger partial charge < -0.3 is 25.2 Å². The molecule has 278 valence electrons. The van der Waals surface area contributed by atoms with Gasteiger partial charge in [0.05, 0.1) is 13.2 Å². The van der Waals surface area contributed by atoms with Crippen molar-refractivity contribution in [1.82, 2.24) is 5.32 Å². The fourth-order valence-corrected chi connectivity index (χ4v) is 4.79. The van der Waals surface area contributed by atoms with E-state index in [1.54, 1.807) is 0 Å². The van der Waals surface area contributed by atoms with Crippen LogP contribution in [0.2, 0.25) is 0 Å². The van der Waals surface area contributed by atoms with E-state index in [1.165, 1.54) is 0 Å². The summed E-state index contributed by atoms with van der Waals surface area (Å²) in [4.78, 5) is 45.2. The average Bonchev–Trinajstić information content (AvgIpc) is 3.07. The van der Waals surface area contributed by atoms with E-state index in [0.717, 1.165) is 70.6 Å². The number of phosphoric ester groups is 1. The maximum atomic E-state index is 12.2. The Bertz CT molecular complexity index is 1110. The number of aliphatic hydroxyl groups excluding tert-OH is 1. The molecule has 0 rings (SSSR count). The van der Waals surface area contributed by atoms with Crippen LogP contribution in [-0.2, 0) is 32.7 Å². The van der Waals surface area contributed by atoms with E-state index in [4.69, 9.17) is 9.26 Å². The van der Waals surface area contributed by atoms with Crippen molar-refractivity contribution in [2.24, 2.45) is 0 Å².